The highest BCUT2D eigenvalue weighted by molar-refractivity contribution is 5.44. The van der Waals surface area contributed by atoms with Gasteiger partial charge >= 0.3 is 0 Å². The average molecular weight is 218 g/mol. The molecular formula is C14H18O2. The molecule has 0 bridgehead atoms. The zero-order valence-electron chi connectivity index (χ0n) is 9.48. The normalized spacial score (nSPS) is 20.3. The highest BCUT2D eigenvalue weighted by atomic mass is 16.5. The van der Waals surface area contributed by atoms with Crippen LogP contribution in [0.2, 0.25) is 0 Å². The Hall–Kier alpha value is -1.02. The second-order valence-corrected chi connectivity index (χ2v) is 4.95. The number of para-hydroxylation sites is 1. The molecule has 2 heteroatoms. The molecule has 0 radical (unpaired) electrons. The lowest BCUT2D eigenvalue weighted by Gasteiger charge is -2.11. The molecule has 1 heterocycles. The number of fused-ring (bicyclic) bond motifs is 1. The molecule has 1 aliphatic carbocycles. The zero-order chi connectivity index (χ0) is 11.0. The van der Waals surface area contributed by atoms with E-state index in [0.717, 1.165) is 31.6 Å². The van der Waals surface area contributed by atoms with Crippen molar-refractivity contribution in [2.75, 3.05) is 6.61 Å². The van der Waals surface area contributed by atoms with Crippen LogP contribution in [0.4, 0.5) is 0 Å². The van der Waals surface area contributed by atoms with Crippen molar-refractivity contribution in [3.8, 4) is 5.75 Å². The number of benzene rings is 1. The summed E-state index contributed by atoms with van der Waals surface area (Å²) in [6, 6.07) is 6.37. The molecule has 2 aliphatic rings. The third-order valence-electron chi connectivity index (χ3n) is 3.67. The minimum atomic E-state index is -0.0998. The molecule has 86 valence electrons. The van der Waals surface area contributed by atoms with Crippen LogP contribution in [0.15, 0.2) is 18.2 Å². The lowest BCUT2D eigenvalue weighted by Crippen LogP contribution is -2.10. The monoisotopic (exact) mass is 218 g/mol. The molecule has 1 fully saturated rings. The smallest absolute Gasteiger partial charge is 0.125 e. The summed E-state index contributed by atoms with van der Waals surface area (Å²) >= 11 is 0. The van der Waals surface area contributed by atoms with Crippen molar-refractivity contribution in [1.82, 2.24) is 0 Å². The van der Waals surface area contributed by atoms with E-state index >= 15 is 0 Å². The molecule has 0 aromatic heterocycles. The Morgan fingerprint density at radius 1 is 1.38 bits per heavy atom. The van der Waals surface area contributed by atoms with Gasteiger partial charge in [0.05, 0.1) is 12.7 Å². The number of ether oxygens (including phenoxy) is 1. The van der Waals surface area contributed by atoms with Crippen LogP contribution in [0.1, 0.15) is 30.4 Å². The first kappa shape index (κ1) is 10.2. The second-order valence-electron chi connectivity index (χ2n) is 4.95. The van der Waals surface area contributed by atoms with Crippen molar-refractivity contribution >= 4 is 0 Å². The van der Waals surface area contributed by atoms with Crippen LogP contribution in [0.5, 0.6) is 5.75 Å². The van der Waals surface area contributed by atoms with Crippen LogP contribution >= 0.6 is 0 Å². The predicted molar refractivity (Wildman–Crippen MR) is 62.7 cm³/mol. The quantitative estimate of drug-likeness (QED) is 0.840. The van der Waals surface area contributed by atoms with Crippen molar-refractivity contribution in [3.05, 3.63) is 29.3 Å². The summed E-state index contributed by atoms with van der Waals surface area (Å²) in [5, 5.41) is 9.86. The van der Waals surface area contributed by atoms with E-state index in [1.54, 1.807) is 0 Å². The Bertz CT molecular complexity index is 382. The molecule has 1 N–H and O–H groups in total. The minimum Gasteiger partial charge on any atom is -0.493 e. The van der Waals surface area contributed by atoms with Gasteiger partial charge < -0.3 is 9.84 Å². The van der Waals surface area contributed by atoms with Gasteiger partial charge in [-0.05, 0) is 42.7 Å². The molecule has 0 saturated heterocycles. The molecule has 0 spiro atoms. The Balaban J connectivity index is 1.67. The molecule has 1 aromatic rings. The Kier molecular flexibility index (Phi) is 2.60. The highest BCUT2D eigenvalue weighted by Gasteiger charge is 2.29. The summed E-state index contributed by atoms with van der Waals surface area (Å²) in [6.07, 6.45) is 5.19. The van der Waals surface area contributed by atoms with Crippen LogP contribution in [-0.2, 0) is 12.8 Å². The summed E-state index contributed by atoms with van der Waals surface area (Å²) in [5.74, 6) is 1.67. The van der Waals surface area contributed by atoms with E-state index in [0.29, 0.717) is 5.92 Å². The van der Waals surface area contributed by atoms with E-state index in [2.05, 4.69) is 18.2 Å². The second kappa shape index (κ2) is 4.10. The third-order valence-corrected chi connectivity index (χ3v) is 3.67. The standard InChI is InChI=1S/C14H18O2/c15-13(10-4-5-10)7-6-11-2-1-3-12-8-9-16-14(11)12/h1-3,10,13,15H,4-9H2. The number of aliphatic hydroxyl groups excluding tert-OH is 1. The van der Waals surface area contributed by atoms with Gasteiger partial charge in [-0.25, -0.2) is 0 Å². The summed E-state index contributed by atoms with van der Waals surface area (Å²) in [7, 11) is 0. The maximum atomic E-state index is 9.86. The topological polar surface area (TPSA) is 29.5 Å². The Morgan fingerprint density at radius 3 is 3.06 bits per heavy atom. The summed E-state index contributed by atoms with van der Waals surface area (Å²) < 4.78 is 5.66. The first-order valence-electron chi connectivity index (χ1n) is 6.26. The van der Waals surface area contributed by atoms with Gasteiger partial charge in [0, 0.05) is 6.42 Å². The fraction of sp³-hybridized carbons (Fsp3) is 0.571. The molecule has 0 amide bonds. The van der Waals surface area contributed by atoms with E-state index < -0.39 is 0 Å². The zero-order valence-corrected chi connectivity index (χ0v) is 9.48. The first-order chi connectivity index (χ1) is 7.84. The number of hydrogen-bond donors (Lipinski definition) is 1. The molecule has 1 aromatic carbocycles. The Labute approximate surface area is 96.2 Å². The van der Waals surface area contributed by atoms with E-state index in [-0.39, 0.29) is 6.10 Å². The van der Waals surface area contributed by atoms with E-state index in [4.69, 9.17) is 4.74 Å². The molecule has 1 saturated carbocycles. The van der Waals surface area contributed by atoms with Crippen LogP contribution in [0.25, 0.3) is 0 Å². The summed E-state index contributed by atoms with van der Waals surface area (Å²) in [6.45, 7) is 0.817. The van der Waals surface area contributed by atoms with Gasteiger partial charge in [-0.15, -0.1) is 0 Å². The van der Waals surface area contributed by atoms with Crippen LogP contribution < -0.4 is 4.74 Å². The summed E-state index contributed by atoms with van der Waals surface area (Å²) in [5.41, 5.74) is 2.60. The van der Waals surface area contributed by atoms with Crippen molar-refractivity contribution in [2.24, 2.45) is 5.92 Å². The van der Waals surface area contributed by atoms with Gasteiger partial charge in [0.2, 0.25) is 0 Å². The van der Waals surface area contributed by atoms with Crippen LogP contribution in [0, 0.1) is 5.92 Å². The number of aryl methyl sites for hydroxylation is 1. The number of hydrogen-bond acceptors (Lipinski definition) is 2. The van der Waals surface area contributed by atoms with Gasteiger partial charge in [0.15, 0.2) is 0 Å². The molecule has 1 atom stereocenters. The average Bonchev–Trinajstić information content (AvgIpc) is 3.04. The fourth-order valence-corrected chi connectivity index (χ4v) is 2.50. The number of aliphatic hydroxyl groups is 1. The molecule has 3 rings (SSSR count). The molecule has 2 nitrogen and oxygen atoms in total. The van der Waals surface area contributed by atoms with E-state index in [1.165, 1.54) is 24.0 Å². The van der Waals surface area contributed by atoms with Gasteiger partial charge in [-0.1, -0.05) is 18.2 Å². The lowest BCUT2D eigenvalue weighted by atomic mass is 10.0. The first-order valence-corrected chi connectivity index (χ1v) is 6.26. The van der Waals surface area contributed by atoms with Crippen molar-refractivity contribution in [3.63, 3.8) is 0 Å². The van der Waals surface area contributed by atoms with E-state index in [9.17, 15) is 5.11 Å². The van der Waals surface area contributed by atoms with Gasteiger partial charge in [0.1, 0.15) is 5.75 Å². The fourth-order valence-electron chi connectivity index (χ4n) is 2.50. The lowest BCUT2D eigenvalue weighted by molar-refractivity contribution is 0.141. The predicted octanol–water partition coefficient (Wildman–Crippen LogP) is 2.33. The SMILES string of the molecule is OC(CCc1cccc2c1OCC2)C1CC1. The highest BCUT2D eigenvalue weighted by Crippen LogP contribution is 2.36. The van der Waals surface area contributed by atoms with Crippen LogP contribution in [-0.4, -0.2) is 17.8 Å². The van der Waals surface area contributed by atoms with Crippen LogP contribution in [0.3, 0.4) is 0 Å². The third kappa shape index (κ3) is 1.94. The summed E-state index contributed by atoms with van der Waals surface area (Å²) in [4.78, 5) is 0. The minimum absolute atomic E-state index is 0.0998. The van der Waals surface area contributed by atoms with Crippen molar-refractivity contribution in [1.29, 1.82) is 0 Å². The van der Waals surface area contributed by atoms with Gasteiger partial charge in [-0.2, -0.15) is 0 Å². The molecule has 1 unspecified atom stereocenters. The van der Waals surface area contributed by atoms with Crippen molar-refractivity contribution in [2.45, 2.75) is 38.2 Å². The maximum absolute atomic E-state index is 9.86. The molecule has 1 aliphatic heterocycles. The molecule has 16 heavy (non-hydrogen) atoms. The van der Waals surface area contributed by atoms with Gasteiger partial charge in [-0.3, -0.25) is 0 Å². The van der Waals surface area contributed by atoms with E-state index in [1.807, 2.05) is 0 Å². The number of rotatable bonds is 4. The van der Waals surface area contributed by atoms with Gasteiger partial charge in [0.25, 0.3) is 0 Å². The Morgan fingerprint density at radius 2 is 2.25 bits per heavy atom. The molecular weight excluding hydrogens is 200 g/mol. The van der Waals surface area contributed by atoms with Crippen molar-refractivity contribution < 1.29 is 9.84 Å². The largest absolute Gasteiger partial charge is 0.493 e. The maximum Gasteiger partial charge on any atom is 0.125 e.